The zero-order valence-electron chi connectivity index (χ0n) is 10.9. The molecule has 0 radical (unpaired) electrons. The Hall–Kier alpha value is -0.120. The highest BCUT2D eigenvalue weighted by Crippen LogP contribution is 2.18. The van der Waals surface area contributed by atoms with E-state index in [4.69, 9.17) is 0 Å². The summed E-state index contributed by atoms with van der Waals surface area (Å²) in [6.45, 7) is 12.0. The largest absolute Gasteiger partial charge is 0.459 e. The molecule has 0 aliphatic carbocycles. The lowest BCUT2D eigenvalue weighted by atomic mass is 10.0. The Bertz CT molecular complexity index is 201. The highest BCUT2D eigenvalue weighted by Gasteiger charge is 2.25. The molecule has 0 bridgehead atoms. The fraction of sp³-hybridized carbons (Fsp3) is 0.923. The maximum atomic E-state index is 4.02. The number of nitrogens with zero attached hydrogens (tertiary/aromatic N) is 3. The van der Waals surface area contributed by atoms with Crippen LogP contribution in [-0.4, -0.2) is 66.1 Å². The lowest BCUT2D eigenvalue weighted by molar-refractivity contribution is 0.0552. The summed E-state index contributed by atoms with van der Waals surface area (Å²) in [5.41, 5.74) is 0. The molecule has 3 heteroatoms. The molecule has 0 aromatic heterocycles. The van der Waals surface area contributed by atoms with Crippen LogP contribution < -0.4 is 0 Å². The molecule has 2 saturated heterocycles. The monoisotopic (exact) mass is 224 g/mol. The van der Waals surface area contributed by atoms with E-state index in [1.807, 2.05) is 0 Å². The zero-order chi connectivity index (χ0) is 11.5. The Morgan fingerprint density at radius 1 is 0.938 bits per heavy atom. The topological polar surface area (TPSA) is 9.72 Å². The third-order valence-electron chi connectivity index (χ3n) is 4.15. The minimum absolute atomic E-state index is 0.712. The maximum absolute atomic E-state index is 4.02. The molecule has 3 nitrogen and oxygen atoms in total. The summed E-state index contributed by atoms with van der Waals surface area (Å²) in [5, 5.41) is 0. The Kier molecular flexibility index (Phi) is 4.22. The summed E-state index contributed by atoms with van der Waals surface area (Å²) in [7, 11) is 4.02. The van der Waals surface area contributed by atoms with Crippen molar-refractivity contribution in [3.8, 4) is 0 Å². The van der Waals surface area contributed by atoms with E-state index in [1.165, 1.54) is 52.1 Å². The van der Waals surface area contributed by atoms with Crippen LogP contribution in [0.4, 0.5) is 0 Å². The molecule has 0 spiro atoms. The lowest BCUT2D eigenvalue weighted by Gasteiger charge is -2.44. The van der Waals surface area contributed by atoms with Crippen LogP contribution in [0, 0.1) is 7.05 Å². The first kappa shape index (κ1) is 12.3. The van der Waals surface area contributed by atoms with Gasteiger partial charge in [0.15, 0.2) is 0 Å². The van der Waals surface area contributed by atoms with Gasteiger partial charge in [0.2, 0.25) is 0 Å². The van der Waals surface area contributed by atoms with Crippen LogP contribution in [0.2, 0.25) is 0 Å². The van der Waals surface area contributed by atoms with Crippen LogP contribution in [0.3, 0.4) is 0 Å². The predicted octanol–water partition coefficient (Wildman–Crippen LogP) is 1.27. The molecule has 2 aliphatic rings. The molecule has 2 rings (SSSR count). The van der Waals surface area contributed by atoms with Gasteiger partial charge >= 0.3 is 0 Å². The Balaban J connectivity index is 1.76. The molecule has 2 aliphatic heterocycles. The van der Waals surface area contributed by atoms with Crippen molar-refractivity contribution in [2.24, 2.45) is 0 Å². The van der Waals surface area contributed by atoms with Crippen LogP contribution in [0.5, 0.6) is 0 Å². The number of piperidine rings is 1. The Morgan fingerprint density at radius 2 is 1.50 bits per heavy atom. The van der Waals surface area contributed by atoms with Crippen molar-refractivity contribution < 1.29 is 0 Å². The minimum atomic E-state index is 0.712. The maximum Gasteiger partial charge on any atom is 0.0119 e. The second-order valence-electron chi connectivity index (χ2n) is 5.51. The van der Waals surface area contributed by atoms with Crippen LogP contribution in [0.15, 0.2) is 0 Å². The molecule has 0 N–H and O–H groups in total. The molecule has 16 heavy (non-hydrogen) atoms. The molecule has 2 fully saturated rings. The zero-order valence-corrected chi connectivity index (χ0v) is 10.9. The summed E-state index contributed by atoms with van der Waals surface area (Å²) in [4.78, 5) is 7.50. The number of rotatable bonds is 2. The van der Waals surface area contributed by atoms with Gasteiger partial charge in [-0.3, -0.25) is 16.8 Å². The van der Waals surface area contributed by atoms with Gasteiger partial charge in [-0.05, 0) is 39.8 Å². The number of hydrogen-bond acceptors (Lipinski definition) is 3. The van der Waals surface area contributed by atoms with Crippen molar-refractivity contribution in [2.45, 2.75) is 38.8 Å². The van der Waals surface area contributed by atoms with Gasteiger partial charge in [0.1, 0.15) is 0 Å². The van der Waals surface area contributed by atoms with E-state index in [1.54, 1.807) is 0 Å². The van der Waals surface area contributed by atoms with Gasteiger partial charge in [-0.15, -0.1) is 0 Å². The summed E-state index contributed by atoms with van der Waals surface area (Å²) in [6.07, 6.45) is 2.62. The van der Waals surface area contributed by atoms with Crippen LogP contribution in [0.1, 0.15) is 26.7 Å². The average Bonchev–Trinajstić information content (AvgIpc) is 2.30. The van der Waals surface area contributed by atoms with Gasteiger partial charge in [0.05, 0.1) is 0 Å². The van der Waals surface area contributed by atoms with E-state index in [2.05, 4.69) is 35.6 Å². The third-order valence-corrected chi connectivity index (χ3v) is 4.15. The molecule has 2 heterocycles. The van der Waals surface area contributed by atoms with Crippen molar-refractivity contribution >= 4 is 0 Å². The molecule has 0 unspecified atom stereocenters. The SMILES string of the molecule is [CH2-]N1CCC(N2CCN(C(C)C)CC2)CC1. The first-order valence-electron chi connectivity index (χ1n) is 6.70. The van der Waals surface area contributed by atoms with Gasteiger partial charge in [0, 0.05) is 38.3 Å². The van der Waals surface area contributed by atoms with E-state index in [-0.39, 0.29) is 0 Å². The van der Waals surface area contributed by atoms with Gasteiger partial charge in [-0.1, -0.05) is 0 Å². The van der Waals surface area contributed by atoms with Gasteiger partial charge in [-0.25, -0.2) is 0 Å². The second kappa shape index (κ2) is 5.48. The van der Waals surface area contributed by atoms with Crippen molar-refractivity contribution in [2.75, 3.05) is 39.3 Å². The van der Waals surface area contributed by atoms with Crippen molar-refractivity contribution in [1.82, 2.24) is 14.7 Å². The average molecular weight is 224 g/mol. The molecule has 0 aromatic carbocycles. The summed E-state index contributed by atoms with van der Waals surface area (Å²) >= 11 is 0. The lowest BCUT2D eigenvalue weighted by Crippen LogP contribution is -2.54. The molecule has 0 atom stereocenters. The summed E-state index contributed by atoms with van der Waals surface area (Å²) < 4.78 is 0. The molecular weight excluding hydrogens is 198 g/mol. The smallest absolute Gasteiger partial charge is 0.0119 e. The number of piperazine rings is 1. The molecule has 0 amide bonds. The normalized spacial score (nSPS) is 27.8. The van der Waals surface area contributed by atoms with Crippen LogP contribution in [0.25, 0.3) is 0 Å². The fourth-order valence-electron chi connectivity index (χ4n) is 2.90. The van der Waals surface area contributed by atoms with Crippen LogP contribution in [-0.2, 0) is 0 Å². The standard InChI is InChI=1S/C13H26N3/c1-12(2)15-8-10-16(11-9-15)13-4-6-14(3)7-5-13/h12-13H,3-11H2,1-2H3/q-1. The second-order valence-corrected chi connectivity index (χ2v) is 5.51. The van der Waals surface area contributed by atoms with E-state index >= 15 is 0 Å². The third kappa shape index (κ3) is 2.96. The summed E-state index contributed by atoms with van der Waals surface area (Å²) in [5.74, 6) is 0. The first-order chi connectivity index (χ1) is 7.66. The fourth-order valence-corrected chi connectivity index (χ4v) is 2.90. The highest BCUT2D eigenvalue weighted by molar-refractivity contribution is 4.83. The van der Waals surface area contributed by atoms with E-state index in [0.717, 1.165) is 6.04 Å². The van der Waals surface area contributed by atoms with Gasteiger partial charge in [-0.2, -0.15) is 0 Å². The first-order valence-corrected chi connectivity index (χ1v) is 6.70. The van der Waals surface area contributed by atoms with E-state index in [9.17, 15) is 0 Å². The van der Waals surface area contributed by atoms with Crippen molar-refractivity contribution in [3.63, 3.8) is 0 Å². The van der Waals surface area contributed by atoms with Crippen molar-refractivity contribution in [1.29, 1.82) is 0 Å². The number of likely N-dealkylation sites (tertiary alicyclic amines) is 1. The number of hydrogen-bond donors (Lipinski definition) is 0. The molecule has 94 valence electrons. The van der Waals surface area contributed by atoms with Gasteiger partial charge in [0.25, 0.3) is 0 Å². The molecule has 0 saturated carbocycles. The van der Waals surface area contributed by atoms with Crippen LogP contribution >= 0.6 is 0 Å². The Morgan fingerprint density at radius 3 is 2.00 bits per heavy atom. The van der Waals surface area contributed by atoms with E-state index < -0.39 is 0 Å². The van der Waals surface area contributed by atoms with Crippen molar-refractivity contribution in [3.05, 3.63) is 7.05 Å². The summed E-state index contributed by atoms with van der Waals surface area (Å²) in [6, 6.07) is 1.54. The van der Waals surface area contributed by atoms with Gasteiger partial charge < -0.3 is 4.90 Å². The molecule has 0 aromatic rings. The Labute approximate surface area is 100 Å². The molecular formula is C13H26N3-. The predicted molar refractivity (Wildman–Crippen MR) is 68.2 cm³/mol. The highest BCUT2D eigenvalue weighted by atomic mass is 15.3. The van der Waals surface area contributed by atoms with E-state index in [0.29, 0.717) is 6.04 Å². The quantitative estimate of drug-likeness (QED) is 0.654. The minimum Gasteiger partial charge on any atom is -0.459 e.